The molecular formula is C20H27N3O4. The number of ether oxygens (including phenoxy) is 2. The predicted molar refractivity (Wildman–Crippen MR) is 101 cm³/mol. The molecule has 1 saturated carbocycles. The number of hydrogen-bond acceptors (Lipinski definition) is 7. The van der Waals surface area contributed by atoms with Crippen LogP contribution in [0.1, 0.15) is 24.1 Å². The Labute approximate surface area is 159 Å². The molecule has 1 aliphatic carbocycles. The van der Waals surface area contributed by atoms with E-state index >= 15 is 0 Å². The summed E-state index contributed by atoms with van der Waals surface area (Å²) in [7, 11) is 1.59. The van der Waals surface area contributed by atoms with Crippen LogP contribution in [-0.2, 0) is 6.54 Å². The number of aryl methyl sites for hydroxylation is 1. The lowest BCUT2D eigenvalue weighted by Crippen LogP contribution is -2.38. The van der Waals surface area contributed by atoms with Crippen LogP contribution >= 0.6 is 0 Å². The third kappa shape index (κ3) is 5.15. The summed E-state index contributed by atoms with van der Waals surface area (Å²) < 4.78 is 11.0. The zero-order valence-corrected chi connectivity index (χ0v) is 15.8. The topological polar surface area (TPSA) is 96.7 Å². The Morgan fingerprint density at radius 2 is 1.93 bits per heavy atom. The minimum atomic E-state index is -0.733. The molecule has 3 rings (SSSR count). The molecule has 2 heterocycles. The average Bonchev–Trinajstić information content (AvgIpc) is 2.95. The number of aromatic nitrogens is 2. The second-order valence-corrected chi connectivity index (χ2v) is 7.26. The molecule has 27 heavy (non-hydrogen) atoms. The standard InChI is InChI=1S/C20H27N3O4/c1-14-4-3-5-19(23-14)27-13-20(8-16(24)17(25)9-20)12-21-10-15-6-7-18(26-2)22-11-15/h3-7,11,16-17,21,24-25H,8-10,12-13H2,1-2H3. The zero-order valence-electron chi connectivity index (χ0n) is 15.8. The van der Waals surface area contributed by atoms with Crippen LogP contribution in [0.5, 0.6) is 11.8 Å². The van der Waals surface area contributed by atoms with E-state index in [2.05, 4.69) is 15.3 Å². The highest BCUT2D eigenvalue weighted by molar-refractivity contribution is 5.18. The number of pyridine rings is 2. The van der Waals surface area contributed by atoms with Gasteiger partial charge < -0.3 is 25.0 Å². The maximum Gasteiger partial charge on any atom is 0.213 e. The average molecular weight is 373 g/mol. The number of methoxy groups -OCH3 is 1. The molecule has 146 valence electrons. The van der Waals surface area contributed by atoms with Crippen LogP contribution in [0.4, 0.5) is 0 Å². The van der Waals surface area contributed by atoms with Gasteiger partial charge in [0.25, 0.3) is 0 Å². The summed E-state index contributed by atoms with van der Waals surface area (Å²) >= 11 is 0. The van der Waals surface area contributed by atoms with Gasteiger partial charge in [0.1, 0.15) is 0 Å². The van der Waals surface area contributed by atoms with Gasteiger partial charge in [0.05, 0.1) is 25.9 Å². The van der Waals surface area contributed by atoms with Crippen molar-refractivity contribution >= 4 is 0 Å². The van der Waals surface area contributed by atoms with E-state index in [9.17, 15) is 10.2 Å². The number of aliphatic hydroxyl groups excluding tert-OH is 2. The Hall–Kier alpha value is -2.22. The van der Waals surface area contributed by atoms with Gasteiger partial charge in [0.15, 0.2) is 0 Å². The number of nitrogens with zero attached hydrogens (tertiary/aromatic N) is 2. The Kier molecular flexibility index (Phi) is 6.26. The lowest BCUT2D eigenvalue weighted by Gasteiger charge is -2.29. The Morgan fingerprint density at radius 1 is 1.15 bits per heavy atom. The van der Waals surface area contributed by atoms with Gasteiger partial charge in [0.2, 0.25) is 11.8 Å². The highest BCUT2D eigenvalue weighted by Crippen LogP contribution is 2.38. The highest BCUT2D eigenvalue weighted by atomic mass is 16.5. The lowest BCUT2D eigenvalue weighted by atomic mass is 9.86. The van der Waals surface area contributed by atoms with Crippen molar-refractivity contribution in [3.05, 3.63) is 47.8 Å². The van der Waals surface area contributed by atoms with E-state index in [-0.39, 0.29) is 5.41 Å². The molecule has 0 spiro atoms. The SMILES string of the molecule is COc1ccc(CNCC2(COc3cccc(C)n3)CC(O)C(O)C2)cn1. The van der Waals surface area contributed by atoms with Crippen molar-refractivity contribution < 1.29 is 19.7 Å². The Morgan fingerprint density at radius 3 is 2.56 bits per heavy atom. The lowest BCUT2D eigenvalue weighted by molar-refractivity contribution is 0.0438. The first-order chi connectivity index (χ1) is 13.0. The van der Waals surface area contributed by atoms with Gasteiger partial charge >= 0.3 is 0 Å². The smallest absolute Gasteiger partial charge is 0.213 e. The first-order valence-electron chi connectivity index (χ1n) is 9.12. The fraction of sp³-hybridized carbons (Fsp3) is 0.500. The first kappa shape index (κ1) is 19.5. The summed E-state index contributed by atoms with van der Waals surface area (Å²) in [5.41, 5.74) is 1.56. The molecule has 0 radical (unpaired) electrons. The maximum atomic E-state index is 10.1. The van der Waals surface area contributed by atoms with Gasteiger partial charge in [0, 0.05) is 42.5 Å². The highest BCUT2D eigenvalue weighted by Gasteiger charge is 2.44. The first-order valence-corrected chi connectivity index (χ1v) is 9.12. The molecule has 0 aliphatic heterocycles. The minimum absolute atomic E-state index is 0.357. The van der Waals surface area contributed by atoms with Crippen LogP contribution in [0.15, 0.2) is 36.5 Å². The van der Waals surface area contributed by atoms with Gasteiger partial charge in [-0.3, -0.25) is 0 Å². The molecule has 0 saturated heterocycles. The van der Waals surface area contributed by atoms with Crippen molar-refractivity contribution in [3.63, 3.8) is 0 Å². The third-order valence-corrected chi connectivity index (χ3v) is 4.95. The molecule has 7 heteroatoms. The van der Waals surface area contributed by atoms with Crippen molar-refractivity contribution in [3.8, 4) is 11.8 Å². The molecule has 2 atom stereocenters. The molecule has 0 bridgehead atoms. The molecule has 2 unspecified atom stereocenters. The molecule has 1 fully saturated rings. The van der Waals surface area contributed by atoms with Gasteiger partial charge in [-0.1, -0.05) is 12.1 Å². The molecule has 0 aromatic carbocycles. The molecule has 2 aromatic rings. The molecule has 0 amide bonds. The largest absolute Gasteiger partial charge is 0.481 e. The zero-order chi connectivity index (χ0) is 19.3. The predicted octanol–water partition coefficient (Wildman–Crippen LogP) is 1.46. The molecule has 3 N–H and O–H groups in total. The molecule has 1 aliphatic rings. The summed E-state index contributed by atoms with van der Waals surface area (Å²) in [6, 6.07) is 9.41. The normalized spacial score (nSPS) is 24.7. The summed E-state index contributed by atoms with van der Waals surface area (Å²) in [5.74, 6) is 1.14. The van der Waals surface area contributed by atoms with Crippen molar-refractivity contribution in [2.45, 2.75) is 38.5 Å². The summed E-state index contributed by atoms with van der Waals surface area (Å²) in [4.78, 5) is 8.56. The van der Waals surface area contributed by atoms with E-state index in [0.29, 0.717) is 44.3 Å². The van der Waals surface area contributed by atoms with Crippen molar-refractivity contribution in [1.29, 1.82) is 0 Å². The Balaban J connectivity index is 1.60. The Bertz CT molecular complexity index is 728. The van der Waals surface area contributed by atoms with Crippen molar-refractivity contribution in [2.75, 3.05) is 20.3 Å². The number of hydrogen-bond donors (Lipinski definition) is 3. The fourth-order valence-electron chi connectivity index (χ4n) is 3.49. The van der Waals surface area contributed by atoms with Gasteiger partial charge in [-0.15, -0.1) is 0 Å². The van der Waals surface area contributed by atoms with E-state index < -0.39 is 12.2 Å². The maximum absolute atomic E-state index is 10.1. The molecular weight excluding hydrogens is 346 g/mol. The van der Waals surface area contributed by atoms with Gasteiger partial charge in [-0.2, -0.15) is 0 Å². The second-order valence-electron chi connectivity index (χ2n) is 7.26. The van der Waals surface area contributed by atoms with Gasteiger partial charge in [-0.25, -0.2) is 9.97 Å². The molecule has 7 nitrogen and oxygen atoms in total. The van der Waals surface area contributed by atoms with Crippen LogP contribution in [0.3, 0.4) is 0 Å². The second kappa shape index (κ2) is 8.65. The third-order valence-electron chi connectivity index (χ3n) is 4.95. The summed E-state index contributed by atoms with van der Waals surface area (Å²) in [6.45, 7) is 3.54. The van der Waals surface area contributed by atoms with Crippen LogP contribution in [0, 0.1) is 12.3 Å². The van der Waals surface area contributed by atoms with E-state index in [0.717, 1.165) is 11.3 Å². The molecule has 2 aromatic heterocycles. The van der Waals surface area contributed by atoms with Crippen LogP contribution in [0.25, 0.3) is 0 Å². The van der Waals surface area contributed by atoms with E-state index in [1.807, 2.05) is 37.3 Å². The van der Waals surface area contributed by atoms with Crippen molar-refractivity contribution in [2.24, 2.45) is 5.41 Å². The van der Waals surface area contributed by atoms with E-state index in [4.69, 9.17) is 9.47 Å². The fourth-order valence-corrected chi connectivity index (χ4v) is 3.49. The quantitative estimate of drug-likeness (QED) is 0.645. The van der Waals surface area contributed by atoms with E-state index in [1.54, 1.807) is 13.3 Å². The van der Waals surface area contributed by atoms with Crippen molar-refractivity contribution in [1.82, 2.24) is 15.3 Å². The van der Waals surface area contributed by atoms with Crippen LogP contribution < -0.4 is 14.8 Å². The number of nitrogens with one attached hydrogen (secondary N) is 1. The van der Waals surface area contributed by atoms with Crippen LogP contribution in [-0.4, -0.2) is 52.7 Å². The van der Waals surface area contributed by atoms with Gasteiger partial charge in [-0.05, 0) is 31.4 Å². The number of aliphatic hydroxyl groups is 2. The monoisotopic (exact) mass is 373 g/mol. The minimum Gasteiger partial charge on any atom is -0.481 e. The summed E-state index contributed by atoms with van der Waals surface area (Å²) in [5, 5.41) is 23.6. The number of rotatable bonds is 8. The van der Waals surface area contributed by atoms with E-state index in [1.165, 1.54) is 0 Å². The summed E-state index contributed by atoms with van der Waals surface area (Å²) in [6.07, 6.45) is 1.26. The van der Waals surface area contributed by atoms with Crippen LogP contribution in [0.2, 0.25) is 0 Å².